The lowest BCUT2D eigenvalue weighted by atomic mass is 9.92. The Morgan fingerprint density at radius 2 is 1.94 bits per heavy atom. The largest absolute Gasteiger partial charge is 0.451 e. The average molecular weight is 442 g/mol. The van der Waals surface area contributed by atoms with Crippen LogP contribution in [-0.2, 0) is 12.6 Å². The quantitative estimate of drug-likeness (QED) is 0.512. The molecule has 5 rings (SSSR count). The second-order valence-corrected chi connectivity index (χ2v) is 8.26. The Balaban J connectivity index is 1.59. The van der Waals surface area contributed by atoms with Gasteiger partial charge < -0.3 is 9.88 Å². The van der Waals surface area contributed by atoms with Gasteiger partial charge >= 0.3 is 6.18 Å². The number of hydrogen-bond acceptors (Lipinski definition) is 6. The molecule has 0 bridgehead atoms. The fourth-order valence-electron chi connectivity index (χ4n) is 4.32. The van der Waals surface area contributed by atoms with Crippen molar-refractivity contribution in [3.05, 3.63) is 54.0 Å². The molecule has 1 N–H and O–H groups in total. The van der Waals surface area contributed by atoms with Gasteiger partial charge in [-0.05, 0) is 42.5 Å². The normalized spacial score (nSPS) is 16.7. The minimum absolute atomic E-state index is 0.0451. The van der Waals surface area contributed by atoms with Crippen molar-refractivity contribution in [3.8, 4) is 5.69 Å². The Kier molecular flexibility index (Phi) is 4.83. The second-order valence-electron chi connectivity index (χ2n) is 8.26. The number of aromatic amines is 1. The van der Waals surface area contributed by atoms with Crippen LogP contribution in [0.2, 0.25) is 0 Å². The SMILES string of the molecule is CC(C)C[C@H]1c2[nH]c3ccc(-n4nccn4)cc3c2CCN1c1ncnc(C(F)(F)F)n1. The number of fused-ring (bicyclic) bond motifs is 3. The van der Waals surface area contributed by atoms with E-state index in [0.717, 1.165) is 40.6 Å². The lowest BCUT2D eigenvalue weighted by molar-refractivity contribution is -0.145. The maximum atomic E-state index is 13.2. The van der Waals surface area contributed by atoms with Crippen molar-refractivity contribution in [2.45, 2.75) is 38.9 Å². The molecule has 1 atom stereocenters. The van der Waals surface area contributed by atoms with Crippen molar-refractivity contribution < 1.29 is 13.2 Å². The van der Waals surface area contributed by atoms with Gasteiger partial charge in [0.2, 0.25) is 11.8 Å². The van der Waals surface area contributed by atoms with Crippen molar-refractivity contribution >= 4 is 16.9 Å². The van der Waals surface area contributed by atoms with Gasteiger partial charge in [-0.1, -0.05) is 13.8 Å². The molecule has 4 heterocycles. The molecular weight excluding hydrogens is 421 g/mol. The molecule has 0 spiro atoms. The smallest absolute Gasteiger partial charge is 0.356 e. The third-order valence-corrected chi connectivity index (χ3v) is 5.65. The number of halogens is 3. The number of alkyl halides is 3. The van der Waals surface area contributed by atoms with E-state index in [2.05, 4.69) is 44.0 Å². The van der Waals surface area contributed by atoms with E-state index in [-0.39, 0.29) is 12.0 Å². The zero-order chi connectivity index (χ0) is 22.5. The zero-order valence-corrected chi connectivity index (χ0v) is 17.5. The molecule has 4 aromatic rings. The zero-order valence-electron chi connectivity index (χ0n) is 17.5. The molecule has 0 fully saturated rings. The molecular formula is C21H21F3N8. The highest BCUT2D eigenvalue weighted by Crippen LogP contribution is 2.40. The van der Waals surface area contributed by atoms with Gasteiger partial charge in [-0.2, -0.15) is 33.1 Å². The number of aromatic nitrogens is 7. The van der Waals surface area contributed by atoms with Crippen LogP contribution in [0.15, 0.2) is 36.9 Å². The lowest BCUT2D eigenvalue weighted by Crippen LogP contribution is -2.37. The number of anilines is 1. The summed E-state index contributed by atoms with van der Waals surface area (Å²) in [6.45, 7) is 4.68. The minimum atomic E-state index is -4.62. The first kappa shape index (κ1) is 20.4. The van der Waals surface area contributed by atoms with Gasteiger partial charge in [0.25, 0.3) is 0 Å². The maximum Gasteiger partial charge on any atom is 0.451 e. The van der Waals surface area contributed by atoms with Gasteiger partial charge in [0.05, 0.1) is 24.1 Å². The Bertz CT molecular complexity index is 1250. The molecule has 32 heavy (non-hydrogen) atoms. The number of H-pyrrole nitrogens is 1. The molecule has 1 aromatic carbocycles. The summed E-state index contributed by atoms with van der Waals surface area (Å²) in [4.78, 5) is 18.0. The number of hydrogen-bond donors (Lipinski definition) is 1. The predicted octanol–water partition coefficient (Wildman–Crippen LogP) is 4.10. The molecule has 3 aromatic heterocycles. The summed E-state index contributed by atoms with van der Waals surface area (Å²) in [7, 11) is 0. The molecule has 0 saturated heterocycles. The van der Waals surface area contributed by atoms with Crippen molar-refractivity contribution in [2.75, 3.05) is 11.4 Å². The average Bonchev–Trinajstić information content (AvgIpc) is 3.41. The summed E-state index contributed by atoms with van der Waals surface area (Å²) < 4.78 is 39.6. The van der Waals surface area contributed by atoms with Crippen LogP contribution in [0.5, 0.6) is 0 Å². The molecule has 1 aliphatic heterocycles. The molecule has 11 heteroatoms. The fraction of sp³-hybridized carbons (Fsp3) is 0.381. The predicted molar refractivity (Wildman–Crippen MR) is 111 cm³/mol. The van der Waals surface area contributed by atoms with Crippen molar-refractivity contribution in [1.29, 1.82) is 0 Å². The maximum absolute atomic E-state index is 13.2. The highest BCUT2D eigenvalue weighted by atomic mass is 19.4. The molecule has 0 saturated carbocycles. The molecule has 0 radical (unpaired) electrons. The van der Waals surface area contributed by atoms with E-state index in [0.29, 0.717) is 18.9 Å². The Morgan fingerprint density at radius 3 is 2.66 bits per heavy atom. The van der Waals surface area contributed by atoms with Crippen LogP contribution in [0.4, 0.5) is 19.1 Å². The minimum Gasteiger partial charge on any atom is -0.356 e. The summed E-state index contributed by atoms with van der Waals surface area (Å²) >= 11 is 0. The molecule has 0 aliphatic carbocycles. The third kappa shape index (κ3) is 3.57. The summed E-state index contributed by atoms with van der Waals surface area (Å²) in [6.07, 6.45) is 0.938. The first-order chi connectivity index (χ1) is 15.3. The first-order valence-electron chi connectivity index (χ1n) is 10.4. The summed E-state index contributed by atoms with van der Waals surface area (Å²) in [5.74, 6) is -0.819. The topological polar surface area (TPSA) is 88.4 Å². The van der Waals surface area contributed by atoms with E-state index in [1.54, 1.807) is 17.2 Å². The van der Waals surface area contributed by atoms with Crippen molar-refractivity contribution in [2.24, 2.45) is 5.92 Å². The van der Waals surface area contributed by atoms with Crippen molar-refractivity contribution in [1.82, 2.24) is 34.9 Å². The van der Waals surface area contributed by atoms with Gasteiger partial charge in [-0.15, -0.1) is 0 Å². The van der Waals surface area contributed by atoms with E-state index in [4.69, 9.17) is 0 Å². The summed E-state index contributed by atoms with van der Waals surface area (Å²) in [5.41, 5.74) is 3.95. The number of nitrogens with zero attached hydrogens (tertiary/aromatic N) is 7. The molecule has 1 aliphatic rings. The Morgan fingerprint density at radius 1 is 1.16 bits per heavy atom. The Labute approximate surface area is 181 Å². The number of nitrogens with one attached hydrogen (secondary N) is 1. The van der Waals surface area contributed by atoms with Crippen molar-refractivity contribution in [3.63, 3.8) is 0 Å². The van der Waals surface area contributed by atoms with Gasteiger partial charge in [-0.3, -0.25) is 0 Å². The van der Waals surface area contributed by atoms with Crippen LogP contribution in [-0.4, -0.2) is 41.5 Å². The van der Waals surface area contributed by atoms with Crippen LogP contribution in [0.25, 0.3) is 16.6 Å². The van der Waals surface area contributed by atoms with E-state index in [1.165, 1.54) is 0 Å². The van der Waals surface area contributed by atoms with E-state index in [9.17, 15) is 13.2 Å². The highest BCUT2D eigenvalue weighted by molar-refractivity contribution is 5.87. The lowest BCUT2D eigenvalue weighted by Gasteiger charge is -2.36. The van der Waals surface area contributed by atoms with E-state index >= 15 is 0 Å². The molecule has 0 unspecified atom stereocenters. The van der Waals surface area contributed by atoms with Gasteiger partial charge in [0, 0.05) is 23.1 Å². The van der Waals surface area contributed by atoms with Crippen LogP contribution < -0.4 is 4.90 Å². The van der Waals surface area contributed by atoms with Gasteiger partial charge in [0.15, 0.2) is 0 Å². The Hall–Kier alpha value is -3.50. The third-order valence-electron chi connectivity index (χ3n) is 5.65. The van der Waals surface area contributed by atoms with Crippen LogP contribution in [0.3, 0.4) is 0 Å². The first-order valence-corrected chi connectivity index (χ1v) is 10.4. The van der Waals surface area contributed by atoms with Gasteiger partial charge in [-0.25, -0.2) is 9.97 Å². The second kappa shape index (κ2) is 7.57. The van der Waals surface area contributed by atoms with Crippen LogP contribution >= 0.6 is 0 Å². The number of benzene rings is 1. The number of rotatable bonds is 4. The highest BCUT2D eigenvalue weighted by Gasteiger charge is 2.37. The summed E-state index contributed by atoms with van der Waals surface area (Å²) in [6, 6.07) is 5.77. The summed E-state index contributed by atoms with van der Waals surface area (Å²) in [5, 5.41) is 9.46. The van der Waals surface area contributed by atoms with Gasteiger partial charge in [0.1, 0.15) is 6.33 Å². The van der Waals surface area contributed by atoms with Crippen LogP contribution in [0.1, 0.15) is 43.4 Å². The van der Waals surface area contributed by atoms with Crippen LogP contribution in [0, 0.1) is 5.92 Å². The molecule has 8 nitrogen and oxygen atoms in total. The van der Waals surface area contributed by atoms with E-state index < -0.39 is 12.0 Å². The fourth-order valence-corrected chi connectivity index (χ4v) is 4.32. The monoisotopic (exact) mass is 442 g/mol. The standard InChI is InChI=1S/C21H21F3N8/c1-12(2)9-17-18-14(5-8-31(17)20-26-11-25-19(30-20)21(22,23)24)15-10-13(3-4-16(15)29-18)32-27-6-7-28-32/h3-4,6-7,10-12,17,29H,5,8-9H2,1-2H3/t17-/m0/s1. The molecule has 166 valence electrons. The van der Waals surface area contributed by atoms with E-state index in [1.807, 2.05) is 23.1 Å². The molecule has 0 amide bonds.